The minimum atomic E-state index is 0.490. The van der Waals surface area contributed by atoms with Gasteiger partial charge in [-0.3, -0.25) is 0 Å². The van der Waals surface area contributed by atoms with Crippen molar-refractivity contribution in [2.45, 2.75) is 96.5 Å². The van der Waals surface area contributed by atoms with E-state index in [1.54, 1.807) is 6.33 Å². The lowest BCUT2D eigenvalue weighted by Gasteiger charge is -2.58. The molecule has 3 saturated carbocycles. The molecule has 4 aliphatic rings. The molecule has 1 heterocycles. The van der Waals surface area contributed by atoms with Crippen LogP contribution < -0.4 is 0 Å². The quantitative estimate of drug-likeness (QED) is 0.343. The smallest absolute Gasteiger partial charge is 0.0921 e. The van der Waals surface area contributed by atoms with Gasteiger partial charge in [0.05, 0.1) is 6.33 Å². The van der Waals surface area contributed by atoms with E-state index >= 15 is 0 Å². The summed E-state index contributed by atoms with van der Waals surface area (Å²) in [6, 6.07) is 0. The van der Waals surface area contributed by atoms with Crippen molar-refractivity contribution in [2.75, 3.05) is 0 Å². The van der Waals surface area contributed by atoms with Gasteiger partial charge in [-0.2, -0.15) is 0 Å². The first-order valence-corrected chi connectivity index (χ1v) is 15.3. The molecule has 2 nitrogen and oxygen atoms in total. The number of hydrogen-bond acceptors (Lipinski definition) is 3. The Morgan fingerprint density at radius 1 is 1.16 bits per heavy atom. The summed E-state index contributed by atoms with van der Waals surface area (Å²) in [7, 11) is 4.14. The summed E-state index contributed by atoms with van der Waals surface area (Å²) in [5, 5.41) is 0.791. The molecule has 172 valence electrons. The lowest BCUT2D eigenvalue weighted by molar-refractivity contribution is -0.0492. The van der Waals surface area contributed by atoms with Crippen LogP contribution in [0.15, 0.2) is 24.2 Å². The van der Waals surface area contributed by atoms with E-state index in [-0.39, 0.29) is 0 Å². The average Bonchev–Trinajstić information content (AvgIpc) is 3.40. The Kier molecular flexibility index (Phi) is 6.36. The van der Waals surface area contributed by atoms with Crippen molar-refractivity contribution in [3.8, 4) is 0 Å². The first-order valence-electron chi connectivity index (χ1n) is 12.9. The van der Waals surface area contributed by atoms with E-state index in [1.807, 2.05) is 22.6 Å². The molecule has 0 spiro atoms. The Hall–Kier alpha value is -0.350. The van der Waals surface area contributed by atoms with Crippen LogP contribution in [0.25, 0.3) is 0 Å². The molecule has 8 atom stereocenters. The number of H-pyrrole nitrogens is 1. The molecule has 0 radical (unpaired) electrons. The second-order valence-electron chi connectivity index (χ2n) is 11.7. The Labute approximate surface area is 198 Å². The number of allylic oxidation sites excluding steroid dienone is 2. The molecule has 0 amide bonds. The van der Waals surface area contributed by atoms with Gasteiger partial charge >= 0.3 is 0 Å². The maximum Gasteiger partial charge on any atom is 0.0921 e. The van der Waals surface area contributed by atoms with E-state index < -0.39 is 0 Å². The third kappa shape index (κ3) is 3.86. The molecule has 1 aromatic heterocycles. The van der Waals surface area contributed by atoms with Gasteiger partial charge in [-0.25, -0.2) is 4.98 Å². The monoisotopic (exact) mass is 458 g/mol. The van der Waals surface area contributed by atoms with E-state index in [2.05, 4.69) is 54.5 Å². The van der Waals surface area contributed by atoms with E-state index in [4.69, 9.17) is 0 Å². The van der Waals surface area contributed by atoms with Crippen molar-refractivity contribution in [1.29, 1.82) is 0 Å². The number of aromatic nitrogens is 2. The molecule has 0 aliphatic heterocycles. The summed E-state index contributed by atoms with van der Waals surface area (Å²) in [5.74, 6) is 5.81. The van der Waals surface area contributed by atoms with Crippen LogP contribution in [0.1, 0.15) is 91.2 Å². The van der Waals surface area contributed by atoms with Gasteiger partial charge in [0.2, 0.25) is 0 Å². The van der Waals surface area contributed by atoms with E-state index in [0.29, 0.717) is 10.8 Å². The standard InChI is InChI=1S/C27H42N2S2/c1-5-18(2)23-8-9-24-22-7-6-19-14-21(31-30-16-20-15-28-17-29-20)10-12-26(19,3)25(22)11-13-27(23,24)4/h6,15,17-18,21-25H,5,7-14,16H2,1-4H3,(H,28,29). The summed E-state index contributed by atoms with van der Waals surface area (Å²) < 4.78 is 0. The fourth-order valence-corrected chi connectivity index (χ4v) is 11.2. The molecule has 4 heteroatoms. The average molecular weight is 459 g/mol. The van der Waals surface area contributed by atoms with Crippen LogP contribution >= 0.6 is 21.6 Å². The predicted molar refractivity (Wildman–Crippen MR) is 136 cm³/mol. The van der Waals surface area contributed by atoms with Crippen molar-refractivity contribution in [1.82, 2.24) is 9.97 Å². The lowest BCUT2D eigenvalue weighted by Crippen LogP contribution is -2.50. The van der Waals surface area contributed by atoms with Crippen LogP contribution in [0.2, 0.25) is 0 Å². The van der Waals surface area contributed by atoms with Gasteiger partial charge in [-0.05, 0) is 91.8 Å². The van der Waals surface area contributed by atoms with Gasteiger partial charge in [0.25, 0.3) is 0 Å². The van der Waals surface area contributed by atoms with Crippen LogP contribution in [0.3, 0.4) is 0 Å². The Morgan fingerprint density at radius 2 is 2.03 bits per heavy atom. The number of nitrogens with zero attached hydrogens (tertiary/aromatic N) is 1. The molecule has 8 unspecified atom stereocenters. The number of imidazole rings is 1. The normalized spacial score (nSPS) is 43.0. The molecule has 0 aromatic carbocycles. The topological polar surface area (TPSA) is 28.7 Å². The molecule has 1 N–H and O–H groups in total. The summed E-state index contributed by atoms with van der Waals surface area (Å²) in [6.45, 7) is 10.3. The Bertz CT molecular complexity index is 789. The molecule has 1 aromatic rings. The van der Waals surface area contributed by atoms with Crippen molar-refractivity contribution in [3.05, 3.63) is 29.9 Å². The highest BCUT2D eigenvalue weighted by Crippen LogP contribution is 2.67. The van der Waals surface area contributed by atoms with Gasteiger partial charge in [0, 0.05) is 22.9 Å². The minimum Gasteiger partial charge on any atom is -0.348 e. The number of hydrogen-bond donors (Lipinski definition) is 1. The minimum absolute atomic E-state index is 0.490. The Morgan fingerprint density at radius 3 is 2.81 bits per heavy atom. The Balaban J connectivity index is 1.26. The number of aromatic amines is 1. The van der Waals surface area contributed by atoms with Gasteiger partial charge in [-0.15, -0.1) is 0 Å². The first kappa shape index (κ1) is 22.4. The number of rotatable bonds is 6. The van der Waals surface area contributed by atoms with Crippen molar-refractivity contribution >= 4 is 21.6 Å². The van der Waals surface area contributed by atoms with Crippen molar-refractivity contribution in [2.24, 2.45) is 40.4 Å². The van der Waals surface area contributed by atoms with Crippen molar-refractivity contribution in [3.63, 3.8) is 0 Å². The second kappa shape index (κ2) is 8.78. The fraction of sp³-hybridized carbons (Fsp3) is 0.815. The maximum atomic E-state index is 4.15. The molecule has 4 aliphatic carbocycles. The second-order valence-corrected chi connectivity index (χ2v) is 14.3. The van der Waals surface area contributed by atoms with Gasteiger partial charge in [-0.1, -0.05) is 67.4 Å². The van der Waals surface area contributed by atoms with E-state index in [1.165, 1.54) is 63.5 Å². The molecule has 3 fully saturated rings. The highest BCUT2D eigenvalue weighted by molar-refractivity contribution is 8.76. The summed E-state index contributed by atoms with van der Waals surface area (Å²) in [6.07, 6.45) is 19.4. The number of nitrogens with one attached hydrogen (secondary N) is 1. The fourth-order valence-electron chi connectivity index (χ4n) is 8.53. The van der Waals surface area contributed by atoms with Crippen LogP contribution in [-0.2, 0) is 5.75 Å². The molecule has 31 heavy (non-hydrogen) atoms. The lowest BCUT2D eigenvalue weighted by atomic mass is 9.47. The first-order chi connectivity index (χ1) is 15.0. The summed E-state index contributed by atoms with van der Waals surface area (Å²) in [5.41, 5.74) is 4.19. The predicted octanol–water partition coefficient (Wildman–Crippen LogP) is 8.28. The highest BCUT2D eigenvalue weighted by atomic mass is 33.1. The van der Waals surface area contributed by atoms with Gasteiger partial charge < -0.3 is 4.98 Å². The molecule has 0 saturated heterocycles. The van der Waals surface area contributed by atoms with Gasteiger partial charge in [0.1, 0.15) is 0 Å². The molecular weight excluding hydrogens is 416 g/mol. The third-order valence-electron chi connectivity index (χ3n) is 10.4. The maximum absolute atomic E-state index is 4.15. The van der Waals surface area contributed by atoms with Crippen molar-refractivity contribution < 1.29 is 0 Å². The molecule has 5 rings (SSSR count). The van der Waals surface area contributed by atoms with Crippen LogP contribution in [-0.4, -0.2) is 15.2 Å². The zero-order chi connectivity index (χ0) is 21.6. The van der Waals surface area contributed by atoms with Crippen LogP contribution in [0.4, 0.5) is 0 Å². The summed E-state index contributed by atoms with van der Waals surface area (Å²) in [4.78, 5) is 7.38. The summed E-state index contributed by atoms with van der Waals surface area (Å²) >= 11 is 0. The van der Waals surface area contributed by atoms with Crippen LogP contribution in [0.5, 0.6) is 0 Å². The largest absolute Gasteiger partial charge is 0.348 e. The zero-order valence-corrected chi connectivity index (χ0v) is 21.7. The molecule has 0 bridgehead atoms. The van der Waals surface area contributed by atoms with E-state index in [9.17, 15) is 0 Å². The SMILES string of the molecule is CCC(C)C1CCC2C3CC=C4CC(SSCc5cnc[nH]5)CCC4(C)C3CCC12C. The van der Waals surface area contributed by atoms with Gasteiger partial charge in [0.15, 0.2) is 0 Å². The molecular formula is C27H42N2S2. The highest BCUT2D eigenvalue weighted by Gasteiger charge is 2.59. The van der Waals surface area contributed by atoms with E-state index in [0.717, 1.165) is 40.6 Å². The third-order valence-corrected chi connectivity index (χ3v) is 13.3. The number of fused-ring (bicyclic) bond motifs is 5. The zero-order valence-electron chi connectivity index (χ0n) is 20.0. The van der Waals surface area contributed by atoms with Crippen LogP contribution in [0, 0.1) is 40.4 Å².